The predicted molar refractivity (Wildman–Crippen MR) is 137 cm³/mol. The maximum absolute atomic E-state index is 13.2. The molecular weight excluding hydrogens is 444 g/mol. The standard InChI is InChI=1S/C28H36N2O5/c1-6-34-22-12-8-11-21(17-22)26(31)24-25(20-10-7-13-23(16-20)35-18-19(2)3)30(28(33)27(24)32)15-9-14-29(4)5/h7-8,10-13,16-17,19,25,31H,6,9,14-15,18H2,1-5H3/b26-24-. The van der Waals surface area contributed by atoms with Gasteiger partial charge < -0.3 is 24.4 Å². The summed E-state index contributed by atoms with van der Waals surface area (Å²) >= 11 is 0. The first-order valence-corrected chi connectivity index (χ1v) is 12.1. The van der Waals surface area contributed by atoms with Crippen molar-refractivity contribution in [3.63, 3.8) is 0 Å². The zero-order valence-corrected chi connectivity index (χ0v) is 21.3. The van der Waals surface area contributed by atoms with Gasteiger partial charge in [0.25, 0.3) is 11.7 Å². The molecule has 0 aliphatic carbocycles. The summed E-state index contributed by atoms with van der Waals surface area (Å²) in [6.07, 6.45) is 0.694. The van der Waals surface area contributed by atoms with Gasteiger partial charge in [-0.25, -0.2) is 0 Å². The number of hydrogen-bond donors (Lipinski definition) is 1. The van der Waals surface area contributed by atoms with Crippen LogP contribution in [0.5, 0.6) is 11.5 Å². The van der Waals surface area contributed by atoms with Gasteiger partial charge in [0.1, 0.15) is 17.3 Å². The van der Waals surface area contributed by atoms with Crippen molar-refractivity contribution >= 4 is 17.4 Å². The number of amides is 1. The Bertz CT molecular complexity index is 1080. The zero-order valence-electron chi connectivity index (χ0n) is 21.3. The number of nitrogens with zero attached hydrogens (tertiary/aromatic N) is 2. The summed E-state index contributed by atoms with van der Waals surface area (Å²) in [4.78, 5) is 30.0. The second-order valence-corrected chi connectivity index (χ2v) is 9.39. The summed E-state index contributed by atoms with van der Waals surface area (Å²) in [5.74, 6) is 0.0923. The molecule has 0 aromatic heterocycles. The van der Waals surface area contributed by atoms with Crippen LogP contribution >= 0.6 is 0 Å². The Morgan fingerprint density at radius 1 is 1.06 bits per heavy atom. The maximum Gasteiger partial charge on any atom is 0.295 e. The molecule has 35 heavy (non-hydrogen) atoms. The number of carbonyl (C=O) groups is 2. The summed E-state index contributed by atoms with van der Waals surface area (Å²) in [6, 6.07) is 13.6. The summed E-state index contributed by atoms with van der Waals surface area (Å²) in [5.41, 5.74) is 1.23. The van der Waals surface area contributed by atoms with E-state index in [0.717, 1.165) is 12.1 Å². The van der Waals surface area contributed by atoms with Crippen molar-refractivity contribution in [2.24, 2.45) is 5.92 Å². The van der Waals surface area contributed by atoms with E-state index in [9.17, 15) is 14.7 Å². The van der Waals surface area contributed by atoms with Crippen LogP contribution in [-0.2, 0) is 9.59 Å². The SMILES string of the molecule is CCOc1cccc(/C(O)=C2/C(=O)C(=O)N(CCCN(C)C)C2c2cccc(OCC(C)C)c2)c1. The van der Waals surface area contributed by atoms with Crippen LogP contribution in [0, 0.1) is 5.92 Å². The Morgan fingerprint density at radius 2 is 1.74 bits per heavy atom. The van der Waals surface area contributed by atoms with Gasteiger partial charge in [-0.3, -0.25) is 9.59 Å². The van der Waals surface area contributed by atoms with E-state index in [0.29, 0.717) is 49.2 Å². The average molecular weight is 481 g/mol. The van der Waals surface area contributed by atoms with E-state index in [2.05, 4.69) is 13.8 Å². The highest BCUT2D eigenvalue weighted by molar-refractivity contribution is 6.46. The van der Waals surface area contributed by atoms with E-state index in [1.54, 1.807) is 29.2 Å². The number of rotatable bonds is 11. The van der Waals surface area contributed by atoms with E-state index in [-0.39, 0.29) is 11.3 Å². The smallest absolute Gasteiger partial charge is 0.295 e. The lowest BCUT2D eigenvalue weighted by atomic mass is 9.95. The molecule has 2 aromatic rings. The van der Waals surface area contributed by atoms with E-state index in [1.165, 1.54) is 0 Å². The summed E-state index contributed by atoms with van der Waals surface area (Å²) < 4.78 is 11.5. The summed E-state index contributed by atoms with van der Waals surface area (Å²) in [5, 5.41) is 11.3. The van der Waals surface area contributed by atoms with E-state index < -0.39 is 17.7 Å². The van der Waals surface area contributed by atoms with Crippen LogP contribution in [0.3, 0.4) is 0 Å². The minimum Gasteiger partial charge on any atom is -0.507 e. The lowest BCUT2D eigenvalue weighted by Gasteiger charge is -2.26. The molecule has 3 rings (SSSR count). The fraction of sp³-hybridized carbons (Fsp3) is 0.429. The highest BCUT2D eigenvalue weighted by Crippen LogP contribution is 2.40. The predicted octanol–water partition coefficient (Wildman–Crippen LogP) is 4.49. The zero-order chi connectivity index (χ0) is 25.5. The van der Waals surface area contributed by atoms with Crippen LogP contribution in [-0.4, -0.2) is 67.0 Å². The van der Waals surface area contributed by atoms with Crippen molar-refractivity contribution in [2.45, 2.75) is 33.2 Å². The highest BCUT2D eigenvalue weighted by Gasteiger charge is 2.45. The van der Waals surface area contributed by atoms with Gasteiger partial charge in [-0.15, -0.1) is 0 Å². The molecule has 1 aliphatic rings. The first-order valence-electron chi connectivity index (χ1n) is 12.1. The molecule has 2 aromatic carbocycles. The molecule has 7 heteroatoms. The van der Waals surface area contributed by atoms with Gasteiger partial charge in [0.2, 0.25) is 0 Å². The molecule has 0 radical (unpaired) electrons. The molecule has 7 nitrogen and oxygen atoms in total. The number of Topliss-reactive ketones (excluding diaryl/α,β-unsaturated/α-hetero) is 1. The molecule has 1 aliphatic heterocycles. The number of likely N-dealkylation sites (tertiary alicyclic amines) is 1. The van der Waals surface area contributed by atoms with Gasteiger partial charge >= 0.3 is 0 Å². The van der Waals surface area contributed by atoms with Crippen LogP contribution < -0.4 is 9.47 Å². The molecule has 1 fully saturated rings. The number of ether oxygens (including phenoxy) is 2. The number of aliphatic hydroxyl groups is 1. The monoisotopic (exact) mass is 480 g/mol. The minimum atomic E-state index is -0.712. The molecule has 1 N–H and O–H groups in total. The van der Waals surface area contributed by atoms with Crippen LogP contribution in [0.1, 0.15) is 44.4 Å². The van der Waals surface area contributed by atoms with Crippen LogP contribution in [0.25, 0.3) is 5.76 Å². The Kier molecular flexibility index (Phi) is 8.93. The van der Waals surface area contributed by atoms with Crippen molar-refractivity contribution in [2.75, 3.05) is 40.4 Å². The van der Waals surface area contributed by atoms with Gasteiger partial charge in [-0.05, 0) is 69.7 Å². The van der Waals surface area contributed by atoms with E-state index in [4.69, 9.17) is 9.47 Å². The second kappa shape index (κ2) is 11.9. The minimum absolute atomic E-state index is 0.0783. The van der Waals surface area contributed by atoms with Crippen molar-refractivity contribution in [1.29, 1.82) is 0 Å². The second-order valence-electron chi connectivity index (χ2n) is 9.39. The largest absolute Gasteiger partial charge is 0.507 e. The van der Waals surface area contributed by atoms with Crippen molar-refractivity contribution < 1.29 is 24.2 Å². The van der Waals surface area contributed by atoms with E-state index >= 15 is 0 Å². The van der Waals surface area contributed by atoms with Gasteiger partial charge in [-0.2, -0.15) is 0 Å². The van der Waals surface area contributed by atoms with Gasteiger partial charge in [-0.1, -0.05) is 38.1 Å². The maximum atomic E-state index is 13.2. The number of carbonyl (C=O) groups excluding carboxylic acids is 2. The third-order valence-electron chi connectivity index (χ3n) is 5.72. The fourth-order valence-corrected chi connectivity index (χ4v) is 4.11. The topological polar surface area (TPSA) is 79.3 Å². The number of benzene rings is 2. The third-order valence-corrected chi connectivity index (χ3v) is 5.72. The van der Waals surface area contributed by atoms with Crippen LogP contribution in [0.4, 0.5) is 0 Å². The van der Waals surface area contributed by atoms with Crippen molar-refractivity contribution in [1.82, 2.24) is 9.80 Å². The normalized spacial score (nSPS) is 17.5. The third kappa shape index (κ3) is 6.42. The number of hydrogen-bond acceptors (Lipinski definition) is 6. The molecule has 0 saturated carbocycles. The Hall–Kier alpha value is -3.32. The average Bonchev–Trinajstić information content (AvgIpc) is 3.07. The number of aliphatic hydroxyl groups excluding tert-OH is 1. The first-order chi connectivity index (χ1) is 16.7. The van der Waals surface area contributed by atoms with Crippen molar-refractivity contribution in [3.05, 3.63) is 65.2 Å². The Labute approximate surface area is 207 Å². The molecule has 1 saturated heterocycles. The van der Waals surface area contributed by atoms with Crippen LogP contribution in [0.2, 0.25) is 0 Å². The summed E-state index contributed by atoms with van der Waals surface area (Å²) in [6.45, 7) is 8.20. The lowest BCUT2D eigenvalue weighted by Crippen LogP contribution is -2.32. The lowest BCUT2D eigenvalue weighted by molar-refractivity contribution is -0.139. The van der Waals surface area contributed by atoms with Crippen molar-refractivity contribution in [3.8, 4) is 11.5 Å². The summed E-state index contributed by atoms with van der Waals surface area (Å²) in [7, 11) is 3.93. The molecular formula is C28H36N2O5. The molecule has 1 heterocycles. The molecule has 0 bridgehead atoms. The molecule has 1 atom stereocenters. The first kappa shape index (κ1) is 26.3. The molecule has 1 amide bonds. The highest BCUT2D eigenvalue weighted by atomic mass is 16.5. The Balaban J connectivity index is 2.08. The number of ketones is 1. The van der Waals surface area contributed by atoms with Crippen LogP contribution in [0.15, 0.2) is 54.1 Å². The molecule has 1 unspecified atom stereocenters. The quantitative estimate of drug-likeness (QED) is 0.290. The van der Waals surface area contributed by atoms with Gasteiger partial charge in [0.15, 0.2) is 0 Å². The van der Waals surface area contributed by atoms with Gasteiger partial charge in [0, 0.05) is 12.1 Å². The van der Waals surface area contributed by atoms with E-state index in [1.807, 2.05) is 50.2 Å². The molecule has 188 valence electrons. The molecule has 0 spiro atoms. The Morgan fingerprint density at radius 3 is 2.40 bits per heavy atom. The fourth-order valence-electron chi connectivity index (χ4n) is 4.11. The van der Waals surface area contributed by atoms with Gasteiger partial charge in [0.05, 0.1) is 24.8 Å².